The molecule has 1 unspecified atom stereocenters. The van der Waals surface area contributed by atoms with Crippen molar-refractivity contribution in [3.8, 4) is 0 Å². The molecule has 1 aliphatic rings. The number of anilines is 1. The van der Waals surface area contributed by atoms with Crippen LogP contribution in [-0.2, 0) is 14.6 Å². The molecule has 9 heteroatoms. The molecule has 0 spiro atoms. The average molecular weight is 316 g/mol. The number of thioether (sulfide) groups is 1. The summed E-state index contributed by atoms with van der Waals surface area (Å²) in [5.41, 5.74) is 5.64. The Hall–Kier alpha value is -1.35. The van der Waals surface area contributed by atoms with Gasteiger partial charge >= 0.3 is 0 Å². The number of rotatable bonds is 4. The van der Waals surface area contributed by atoms with Crippen LogP contribution in [0.1, 0.15) is 6.42 Å². The molecule has 1 fully saturated rings. The number of carbonyl (C=O) groups excluding carboxylic acids is 1. The highest BCUT2D eigenvalue weighted by Crippen LogP contribution is 2.22. The van der Waals surface area contributed by atoms with Crippen LogP contribution < -0.4 is 5.73 Å². The van der Waals surface area contributed by atoms with E-state index in [4.69, 9.17) is 5.73 Å². The molecule has 0 saturated carbocycles. The normalized spacial score (nSPS) is 20.8. The van der Waals surface area contributed by atoms with Crippen molar-refractivity contribution in [3.63, 3.8) is 0 Å². The van der Waals surface area contributed by atoms with Gasteiger partial charge in [-0.05, 0) is 6.42 Å². The third-order valence-electron chi connectivity index (χ3n) is 3.17. The van der Waals surface area contributed by atoms with Gasteiger partial charge in [0.05, 0.1) is 17.3 Å². The van der Waals surface area contributed by atoms with Gasteiger partial charge in [0.1, 0.15) is 5.03 Å². The van der Waals surface area contributed by atoms with Crippen LogP contribution in [0.5, 0.6) is 0 Å². The summed E-state index contributed by atoms with van der Waals surface area (Å²) in [6.07, 6.45) is 3.50. The molecule has 1 aromatic rings. The number of amides is 1. The highest BCUT2D eigenvalue weighted by molar-refractivity contribution is 8.00. The van der Waals surface area contributed by atoms with E-state index in [1.807, 2.05) is 0 Å². The lowest BCUT2D eigenvalue weighted by Crippen LogP contribution is -2.38. The Labute approximate surface area is 121 Å². The topological polar surface area (TPSA) is 106 Å². The van der Waals surface area contributed by atoms with Crippen molar-refractivity contribution in [3.05, 3.63) is 12.4 Å². The van der Waals surface area contributed by atoms with Gasteiger partial charge in [0.25, 0.3) is 0 Å². The molecule has 7 nitrogen and oxygen atoms in total. The second kappa shape index (κ2) is 5.96. The summed E-state index contributed by atoms with van der Waals surface area (Å²) in [6.45, 7) is 0. The summed E-state index contributed by atoms with van der Waals surface area (Å²) >= 11 is 1.20. The molecule has 0 aromatic carbocycles. The van der Waals surface area contributed by atoms with Crippen LogP contribution in [0.4, 0.5) is 5.82 Å². The highest BCUT2D eigenvalue weighted by atomic mass is 32.2. The number of aromatic nitrogens is 2. The van der Waals surface area contributed by atoms with E-state index in [2.05, 4.69) is 9.97 Å². The highest BCUT2D eigenvalue weighted by Gasteiger charge is 2.32. The first kappa shape index (κ1) is 15.0. The molecule has 20 heavy (non-hydrogen) atoms. The van der Waals surface area contributed by atoms with Crippen molar-refractivity contribution in [2.45, 2.75) is 17.5 Å². The fourth-order valence-electron chi connectivity index (χ4n) is 1.96. The van der Waals surface area contributed by atoms with Crippen molar-refractivity contribution in [2.75, 3.05) is 30.0 Å². The van der Waals surface area contributed by atoms with Gasteiger partial charge in [0.15, 0.2) is 15.7 Å². The molecule has 1 amide bonds. The molecule has 0 bridgehead atoms. The first-order valence-electron chi connectivity index (χ1n) is 6.04. The molecule has 1 aliphatic heterocycles. The predicted molar refractivity (Wildman–Crippen MR) is 77.0 cm³/mol. The maximum atomic E-state index is 12.0. The van der Waals surface area contributed by atoms with E-state index in [-0.39, 0.29) is 35.0 Å². The summed E-state index contributed by atoms with van der Waals surface area (Å²) in [6, 6.07) is -0.229. The standard InChI is InChI=1S/C11H16N4O3S2/c1-15(8-2-5-20(17,18)7-8)9(16)6-19-11-10(12)13-3-4-14-11/h3-4,8H,2,5-7H2,1H3,(H2,12,13). The van der Waals surface area contributed by atoms with Crippen molar-refractivity contribution < 1.29 is 13.2 Å². The molecule has 0 aliphatic carbocycles. The van der Waals surface area contributed by atoms with E-state index >= 15 is 0 Å². The zero-order valence-corrected chi connectivity index (χ0v) is 12.7. The van der Waals surface area contributed by atoms with E-state index in [9.17, 15) is 13.2 Å². The Kier molecular flexibility index (Phi) is 4.48. The van der Waals surface area contributed by atoms with Crippen LogP contribution in [0.15, 0.2) is 17.4 Å². The second-order valence-corrected chi connectivity index (χ2v) is 7.79. The molecule has 2 rings (SSSR count). The van der Waals surface area contributed by atoms with Crippen LogP contribution in [-0.4, -0.2) is 59.5 Å². The molecule has 1 aromatic heterocycles. The van der Waals surface area contributed by atoms with Crippen LogP contribution in [0.3, 0.4) is 0 Å². The monoisotopic (exact) mass is 316 g/mol. The molecule has 1 atom stereocenters. The smallest absolute Gasteiger partial charge is 0.233 e. The lowest BCUT2D eigenvalue weighted by molar-refractivity contribution is -0.128. The minimum absolute atomic E-state index is 0.0488. The minimum Gasteiger partial charge on any atom is -0.381 e. The largest absolute Gasteiger partial charge is 0.381 e. The maximum Gasteiger partial charge on any atom is 0.233 e. The molecule has 110 valence electrons. The van der Waals surface area contributed by atoms with Gasteiger partial charge in [0, 0.05) is 25.5 Å². The minimum atomic E-state index is -2.99. The van der Waals surface area contributed by atoms with Crippen LogP contribution in [0, 0.1) is 0 Å². The van der Waals surface area contributed by atoms with Gasteiger partial charge in [-0.15, -0.1) is 0 Å². The first-order valence-corrected chi connectivity index (χ1v) is 8.85. The number of hydrogen-bond donors (Lipinski definition) is 1. The first-order chi connectivity index (χ1) is 9.39. The Balaban J connectivity index is 1.91. The number of hydrogen-bond acceptors (Lipinski definition) is 7. The second-order valence-electron chi connectivity index (χ2n) is 4.60. The number of carbonyl (C=O) groups is 1. The lowest BCUT2D eigenvalue weighted by atomic mass is 10.2. The average Bonchev–Trinajstić information content (AvgIpc) is 2.77. The van der Waals surface area contributed by atoms with Crippen molar-refractivity contribution >= 4 is 33.3 Å². The third kappa shape index (κ3) is 3.60. The SMILES string of the molecule is CN(C(=O)CSc1nccnc1N)C1CCS(=O)(=O)C1. The Morgan fingerprint density at radius 3 is 2.80 bits per heavy atom. The quantitative estimate of drug-likeness (QED) is 0.766. The van der Waals surface area contributed by atoms with E-state index in [1.165, 1.54) is 29.1 Å². The van der Waals surface area contributed by atoms with Crippen molar-refractivity contribution in [1.29, 1.82) is 0 Å². The summed E-state index contributed by atoms with van der Waals surface area (Å²) in [7, 11) is -1.36. The van der Waals surface area contributed by atoms with Crippen LogP contribution in [0.2, 0.25) is 0 Å². The predicted octanol–water partition coefficient (Wildman–Crippen LogP) is -0.204. The van der Waals surface area contributed by atoms with E-state index < -0.39 is 9.84 Å². The number of nitrogens with zero attached hydrogens (tertiary/aromatic N) is 3. The van der Waals surface area contributed by atoms with E-state index in [0.29, 0.717) is 11.4 Å². The summed E-state index contributed by atoms with van der Waals surface area (Å²) in [4.78, 5) is 21.5. The summed E-state index contributed by atoms with van der Waals surface area (Å²) < 4.78 is 22.8. The number of nitrogens with two attached hydrogens (primary N) is 1. The molecule has 0 radical (unpaired) electrons. The fraction of sp³-hybridized carbons (Fsp3) is 0.545. The lowest BCUT2D eigenvalue weighted by Gasteiger charge is -2.23. The van der Waals surface area contributed by atoms with Gasteiger partial charge in [-0.2, -0.15) is 0 Å². The Morgan fingerprint density at radius 2 is 2.20 bits per heavy atom. The van der Waals surface area contributed by atoms with Gasteiger partial charge < -0.3 is 10.6 Å². The third-order valence-corrected chi connectivity index (χ3v) is 5.90. The van der Waals surface area contributed by atoms with Gasteiger partial charge in [-0.3, -0.25) is 4.79 Å². The zero-order chi connectivity index (χ0) is 14.8. The Morgan fingerprint density at radius 1 is 1.50 bits per heavy atom. The van der Waals surface area contributed by atoms with Gasteiger partial charge in [0.2, 0.25) is 5.91 Å². The van der Waals surface area contributed by atoms with Crippen LogP contribution in [0.25, 0.3) is 0 Å². The number of sulfone groups is 1. The summed E-state index contributed by atoms with van der Waals surface area (Å²) in [5.74, 6) is 0.515. The van der Waals surface area contributed by atoms with E-state index in [1.54, 1.807) is 7.05 Å². The van der Waals surface area contributed by atoms with E-state index in [0.717, 1.165) is 0 Å². The fourth-order valence-corrected chi connectivity index (χ4v) is 4.54. The molecule has 2 heterocycles. The van der Waals surface area contributed by atoms with Crippen LogP contribution >= 0.6 is 11.8 Å². The van der Waals surface area contributed by atoms with Crippen molar-refractivity contribution in [1.82, 2.24) is 14.9 Å². The molecular weight excluding hydrogens is 300 g/mol. The molecule has 2 N–H and O–H groups in total. The van der Waals surface area contributed by atoms with Gasteiger partial charge in [-0.25, -0.2) is 18.4 Å². The summed E-state index contributed by atoms with van der Waals surface area (Å²) in [5, 5.41) is 0.508. The number of nitrogen functional groups attached to an aromatic ring is 1. The molecule has 1 saturated heterocycles. The van der Waals surface area contributed by atoms with Gasteiger partial charge in [-0.1, -0.05) is 11.8 Å². The maximum absolute atomic E-state index is 12.0. The zero-order valence-electron chi connectivity index (χ0n) is 11.0. The molecular formula is C11H16N4O3S2. The Bertz CT molecular complexity index is 605. The van der Waals surface area contributed by atoms with Crippen molar-refractivity contribution in [2.24, 2.45) is 0 Å².